The number of unbranched alkanes of at least 4 members (excludes halogenated alkanes) is 57. The molecule has 19 nitrogen and oxygen atoms in total. The number of allylic oxidation sites excluding steroid dienone is 3. The van der Waals surface area contributed by atoms with E-state index in [2.05, 4.69) is 31.3 Å². The zero-order valence-electron chi connectivity index (χ0n) is 68.9. The van der Waals surface area contributed by atoms with Crippen LogP contribution in [0.25, 0.3) is 0 Å². The molecule has 12 N–H and O–H groups in total. The fourth-order valence-electron chi connectivity index (χ4n) is 15.7. The Balaban J connectivity index is 1.31. The molecule has 108 heavy (non-hydrogen) atoms. The first kappa shape index (κ1) is 100. The number of aliphatic hydroxyl groups is 11. The third kappa shape index (κ3) is 48.0. The van der Waals surface area contributed by atoms with Gasteiger partial charge in [0.25, 0.3) is 0 Å². The van der Waals surface area contributed by atoms with Gasteiger partial charge in [-0.05, 0) is 32.1 Å². The van der Waals surface area contributed by atoms with Gasteiger partial charge < -0.3 is 89.9 Å². The molecule has 0 spiro atoms. The van der Waals surface area contributed by atoms with E-state index in [-0.39, 0.29) is 18.9 Å². The van der Waals surface area contributed by atoms with Crippen LogP contribution in [0.1, 0.15) is 406 Å². The standard InChI is InChI=1S/C89H169NO18/c1-3-5-7-9-11-13-15-17-19-21-23-25-27-29-31-32-33-34-35-36-37-38-39-40-41-43-45-47-49-51-53-55-57-59-61-63-65-67-77(95)90-72(73(94)66-64-62-60-58-56-54-52-50-48-46-44-42-30-28-26-24-22-20-18-16-14-12-10-8-6-4-2)71-103-87-83(101)80(98)85(75(69-92)105-87)108-89-84(102)81(99)86(76(70-93)106-89)107-88-82(100)79(97)78(96)74(68-91)104-88/h56,58,64,66,72-76,78-89,91-94,96-102H,3-55,57,59-63,65,67-71H2,1-2H3,(H,90,95)/b58-56+,66-64+. The van der Waals surface area contributed by atoms with Crippen LogP contribution in [0.2, 0.25) is 0 Å². The van der Waals surface area contributed by atoms with Crippen LogP contribution in [0.5, 0.6) is 0 Å². The minimum atomic E-state index is -1.98. The Kier molecular flexibility index (Phi) is 64.7. The first-order chi connectivity index (χ1) is 52.8. The SMILES string of the molecule is CCCCCCCCCCCCCCCCCCCCCC/C=C/CC/C=C/C(O)C(COC1OC(CO)C(OC2OC(CO)C(OC3OC(CO)C(O)C(O)C3O)C(O)C2O)C(O)C1O)NC(=O)CCCCCCCCCCCCCCCCCCCCCCCCCCCCCCCCCCCCCCC. The van der Waals surface area contributed by atoms with Crippen molar-refractivity contribution in [2.24, 2.45) is 0 Å². The zero-order valence-corrected chi connectivity index (χ0v) is 68.9. The second kappa shape index (κ2) is 69.6. The molecule has 0 radical (unpaired) electrons. The molecule has 17 atom stereocenters. The molecular weight excluding hydrogens is 1370 g/mol. The third-order valence-electron chi connectivity index (χ3n) is 23.0. The van der Waals surface area contributed by atoms with Gasteiger partial charge >= 0.3 is 0 Å². The van der Waals surface area contributed by atoms with Gasteiger partial charge in [-0.2, -0.15) is 0 Å². The maximum atomic E-state index is 13.5. The lowest BCUT2D eigenvalue weighted by Gasteiger charge is -2.48. The van der Waals surface area contributed by atoms with E-state index in [9.17, 15) is 61.0 Å². The van der Waals surface area contributed by atoms with Gasteiger partial charge in [-0.25, -0.2) is 0 Å². The lowest BCUT2D eigenvalue weighted by molar-refractivity contribution is -0.379. The number of hydrogen-bond donors (Lipinski definition) is 12. The second-order valence-corrected chi connectivity index (χ2v) is 32.8. The summed E-state index contributed by atoms with van der Waals surface area (Å²) in [6.45, 7) is 1.80. The van der Waals surface area contributed by atoms with E-state index in [4.69, 9.17) is 28.4 Å². The Morgan fingerprint density at radius 2 is 0.593 bits per heavy atom. The monoisotopic (exact) mass is 1540 g/mol. The molecule has 0 bridgehead atoms. The Morgan fingerprint density at radius 3 is 0.926 bits per heavy atom. The molecule has 3 saturated heterocycles. The smallest absolute Gasteiger partial charge is 0.220 e. The van der Waals surface area contributed by atoms with Crippen LogP contribution >= 0.6 is 0 Å². The van der Waals surface area contributed by atoms with Gasteiger partial charge in [0.1, 0.15) is 73.2 Å². The minimum Gasteiger partial charge on any atom is -0.394 e. The molecule has 0 aromatic heterocycles. The summed E-state index contributed by atoms with van der Waals surface area (Å²) in [5.74, 6) is -0.276. The number of amides is 1. The van der Waals surface area contributed by atoms with Crippen LogP contribution in [0.15, 0.2) is 24.3 Å². The van der Waals surface area contributed by atoms with Gasteiger partial charge in [0.15, 0.2) is 18.9 Å². The average Bonchev–Trinajstić information content (AvgIpc) is 0.779. The Labute approximate surface area is 658 Å². The van der Waals surface area contributed by atoms with Gasteiger partial charge in [0, 0.05) is 6.42 Å². The van der Waals surface area contributed by atoms with Crippen LogP contribution in [0.4, 0.5) is 0 Å². The number of nitrogens with one attached hydrogen (secondary N) is 1. The predicted molar refractivity (Wildman–Crippen MR) is 434 cm³/mol. The molecule has 3 fully saturated rings. The number of carbonyl (C=O) groups is 1. The van der Waals surface area contributed by atoms with Crippen molar-refractivity contribution < 1.29 is 89.4 Å². The highest BCUT2D eigenvalue weighted by Gasteiger charge is 2.54. The van der Waals surface area contributed by atoms with Crippen molar-refractivity contribution >= 4 is 5.91 Å². The summed E-state index contributed by atoms with van der Waals surface area (Å²) in [5, 5.41) is 121. The van der Waals surface area contributed by atoms with Crippen LogP contribution < -0.4 is 5.32 Å². The maximum absolute atomic E-state index is 13.5. The van der Waals surface area contributed by atoms with Gasteiger partial charge in [-0.3, -0.25) is 4.79 Å². The van der Waals surface area contributed by atoms with E-state index in [0.717, 1.165) is 38.5 Å². The summed E-state index contributed by atoms with van der Waals surface area (Å²) in [6, 6.07) is -0.989. The lowest BCUT2D eigenvalue weighted by atomic mass is 9.96. The van der Waals surface area contributed by atoms with Crippen molar-refractivity contribution in [2.75, 3.05) is 26.4 Å². The van der Waals surface area contributed by atoms with E-state index in [1.54, 1.807) is 6.08 Å². The van der Waals surface area contributed by atoms with Gasteiger partial charge in [-0.1, -0.05) is 391 Å². The molecular formula is C89H169NO18. The summed E-state index contributed by atoms with van der Waals surface area (Å²) in [4.78, 5) is 13.5. The molecule has 0 aromatic carbocycles. The van der Waals surface area contributed by atoms with Crippen LogP contribution in [0.3, 0.4) is 0 Å². The zero-order chi connectivity index (χ0) is 78.1. The number of aliphatic hydroxyl groups excluding tert-OH is 11. The molecule has 19 heteroatoms. The van der Waals surface area contributed by atoms with E-state index in [1.165, 1.54) is 334 Å². The van der Waals surface area contributed by atoms with Crippen LogP contribution in [-0.2, 0) is 33.2 Å². The first-order valence-corrected chi connectivity index (χ1v) is 45.6. The summed E-state index contributed by atoms with van der Waals surface area (Å²) in [7, 11) is 0. The highest BCUT2D eigenvalue weighted by atomic mass is 16.8. The molecule has 0 saturated carbocycles. The quantitative estimate of drug-likeness (QED) is 0.0199. The predicted octanol–water partition coefficient (Wildman–Crippen LogP) is 17.2. The lowest BCUT2D eigenvalue weighted by Crippen LogP contribution is -2.66. The molecule has 3 rings (SSSR count). The number of hydrogen-bond acceptors (Lipinski definition) is 18. The van der Waals surface area contributed by atoms with E-state index >= 15 is 0 Å². The van der Waals surface area contributed by atoms with Crippen molar-refractivity contribution in [3.05, 3.63) is 24.3 Å². The number of ether oxygens (including phenoxy) is 6. The Bertz CT molecular complexity index is 2040. The fraction of sp³-hybridized carbons (Fsp3) is 0.944. The van der Waals surface area contributed by atoms with Crippen molar-refractivity contribution in [3.8, 4) is 0 Å². The first-order valence-electron chi connectivity index (χ1n) is 45.6. The summed E-state index contributed by atoms with van der Waals surface area (Å²) in [5.41, 5.74) is 0. The number of rotatable bonds is 75. The molecule has 0 aromatic rings. The third-order valence-corrected chi connectivity index (χ3v) is 23.0. The van der Waals surface area contributed by atoms with Crippen LogP contribution in [0, 0.1) is 0 Å². The summed E-state index contributed by atoms with van der Waals surface area (Å²) >= 11 is 0. The molecule has 3 aliphatic heterocycles. The van der Waals surface area contributed by atoms with Crippen molar-refractivity contribution in [1.29, 1.82) is 0 Å². The second-order valence-electron chi connectivity index (χ2n) is 32.8. The van der Waals surface area contributed by atoms with E-state index < -0.39 is 124 Å². The van der Waals surface area contributed by atoms with Gasteiger partial charge in [-0.15, -0.1) is 0 Å². The van der Waals surface area contributed by atoms with Crippen molar-refractivity contribution in [1.82, 2.24) is 5.32 Å². The molecule has 1 amide bonds. The number of carbonyl (C=O) groups excluding carboxylic acids is 1. The van der Waals surface area contributed by atoms with Crippen molar-refractivity contribution in [2.45, 2.75) is 510 Å². The van der Waals surface area contributed by atoms with Crippen molar-refractivity contribution in [3.63, 3.8) is 0 Å². The largest absolute Gasteiger partial charge is 0.394 e. The maximum Gasteiger partial charge on any atom is 0.220 e. The van der Waals surface area contributed by atoms with E-state index in [0.29, 0.717) is 12.8 Å². The average molecular weight is 1540 g/mol. The highest BCUT2D eigenvalue weighted by Crippen LogP contribution is 2.34. The summed E-state index contributed by atoms with van der Waals surface area (Å²) in [6.07, 6.45) is 60.7. The van der Waals surface area contributed by atoms with E-state index in [1.807, 2.05) is 6.08 Å². The molecule has 3 heterocycles. The van der Waals surface area contributed by atoms with Crippen LogP contribution in [-0.4, -0.2) is 193 Å². The normalized spacial score (nSPS) is 25.4. The Hall–Kier alpha value is -1.73. The molecule has 0 aliphatic carbocycles. The fourth-order valence-corrected chi connectivity index (χ4v) is 15.7. The molecule has 638 valence electrons. The Morgan fingerprint density at radius 1 is 0.324 bits per heavy atom. The molecule has 17 unspecified atom stereocenters. The molecule has 3 aliphatic rings. The van der Waals surface area contributed by atoms with Gasteiger partial charge in [0.2, 0.25) is 5.91 Å². The highest BCUT2D eigenvalue weighted by molar-refractivity contribution is 5.76. The van der Waals surface area contributed by atoms with Gasteiger partial charge in [0.05, 0.1) is 38.6 Å². The topological polar surface area (TPSA) is 307 Å². The summed E-state index contributed by atoms with van der Waals surface area (Å²) < 4.78 is 34.5. The minimum absolute atomic E-state index is 0.241.